The smallest absolute Gasteiger partial charge is 0.136 e. The first-order valence-corrected chi connectivity index (χ1v) is 7.51. The first-order valence-electron chi connectivity index (χ1n) is 6.52. The fraction of sp³-hybridized carbons (Fsp3) is 0.267. The van der Waals surface area contributed by atoms with Crippen molar-refractivity contribution in [2.75, 3.05) is 18.0 Å². The van der Waals surface area contributed by atoms with Crippen LogP contribution >= 0.6 is 11.8 Å². The fourth-order valence-corrected chi connectivity index (χ4v) is 2.97. The van der Waals surface area contributed by atoms with E-state index in [1.165, 1.54) is 17.8 Å². The first-order chi connectivity index (χ1) is 9.72. The molecule has 1 heterocycles. The number of hydrogen-bond acceptors (Lipinski definition) is 4. The third-order valence-electron chi connectivity index (χ3n) is 2.96. The van der Waals surface area contributed by atoms with Crippen LogP contribution in [0.25, 0.3) is 0 Å². The third kappa shape index (κ3) is 3.71. The van der Waals surface area contributed by atoms with Crippen LogP contribution in [-0.2, 0) is 0 Å². The normalized spacial score (nSPS) is 12.3. The van der Waals surface area contributed by atoms with Crippen LogP contribution in [0.3, 0.4) is 0 Å². The Hall–Kier alpha value is -1.59. The molecule has 0 aliphatic heterocycles. The number of nitrogens with two attached hydrogens (primary N) is 1. The molecule has 2 rings (SSSR count). The van der Waals surface area contributed by atoms with Gasteiger partial charge in [-0.3, -0.25) is 4.98 Å². The van der Waals surface area contributed by atoms with Gasteiger partial charge >= 0.3 is 0 Å². The number of thioether (sulfide) groups is 1. The molecule has 3 N–H and O–H groups in total. The number of aromatic nitrogens is 1. The lowest BCUT2D eigenvalue weighted by Crippen LogP contribution is -2.24. The minimum atomic E-state index is -0.188. The Morgan fingerprint density at radius 1 is 1.35 bits per heavy atom. The van der Waals surface area contributed by atoms with Crippen LogP contribution < -0.4 is 11.1 Å². The highest BCUT2D eigenvalue weighted by Crippen LogP contribution is 2.28. The number of nitrogens with zero attached hydrogens (tertiary/aromatic N) is 1. The van der Waals surface area contributed by atoms with Gasteiger partial charge in [-0.25, -0.2) is 4.39 Å². The van der Waals surface area contributed by atoms with Crippen LogP contribution in [0.4, 0.5) is 10.1 Å². The second kappa shape index (κ2) is 7.26. The predicted octanol–water partition coefficient (Wildman–Crippen LogP) is 3.25. The molecule has 20 heavy (non-hydrogen) atoms. The molecule has 0 bridgehead atoms. The SMILES string of the molecule is CCNC(CSc1ccccc1F)c1cnccc1N. The number of halogens is 1. The zero-order chi connectivity index (χ0) is 14.4. The van der Waals surface area contributed by atoms with Gasteiger partial charge in [-0.15, -0.1) is 11.8 Å². The van der Waals surface area contributed by atoms with Crippen molar-refractivity contribution in [1.82, 2.24) is 10.3 Å². The summed E-state index contributed by atoms with van der Waals surface area (Å²) in [5, 5.41) is 3.37. The molecular weight excluding hydrogens is 273 g/mol. The topological polar surface area (TPSA) is 50.9 Å². The van der Waals surface area contributed by atoms with Crippen LogP contribution in [0.5, 0.6) is 0 Å². The summed E-state index contributed by atoms with van der Waals surface area (Å²) in [5.41, 5.74) is 7.65. The van der Waals surface area contributed by atoms with Gasteiger partial charge in [0.25, 0.3) is 0 Å². The van der Waals surface area contributed by atoms with Gasteiger partial charge in [0.1, 0.15) is 5.82 Å². The Bertz CT molecular complexity index is 562. The molecular formula is C15H18FN3S. The Morgan fingerprint density at radius 2 is 2.15 bits per heavy atom. The van der Waals surface area contributed by atoms with Gasteiger partial charge in [0.15, 0.2) is 0 Å². The van der Waals surface area contributed by atoms with E-state index in [9.17, 15) is 4.39 Å². The molecule has 0 aliphatic rings. The molecule has 0 saturated heterocycles. The number of nitrogen functional groups attached to an aromatic ring is 1. The first kappa shape index (κ1) is 14.8. The summed E-state index contributed by atoms with van der Waals surface area (Å²) in [4.78, 5) is 4.77. The van der Waals surface area contributed by atoms with Crippen LogP contribution in [0, 0.1) is 5.82 Å². The molecule has 0 amide bonds. The maximum Gasteiger partial charge on any atom is 0.136 e. The van der Waals surface area contributed by atoms with Gasteiger partial charge in [-0.2, -0.15) is 0 Å². The maximum absolute atomic E-state index is 13.6. The minimum absolute atomic E-state index is 0.0540. The average molecular weight is 291 g/mol. The lowest BCUT2D eigenvalue weighted by Gasteiger charge is -2.19. The number of benzene rings is 1. The standard InChI is InChI=1S/C15H18FN3S/c1-2-19-14(11-9-18-8-7-13(11)17)10-20-15-6-4-3-5-12(15)16/h3-9,14,19H,2,10H2,1H3,(H2,17,18). The molecule has 1 unspecified atom stereocenters. The van der Waals surface area contributed by atoms with Crippen LogP contribution in [0.15, 0.2) is 47.6 Å². The summed E-state index contributed by atoms with van der Waals surface area (Å²) in [7, 11) is 0. The van der Waals surface area contributed by atoms with Gasteiger partial charge in [0, 0.05) is 40.3 Å². The molecule has 0 radical (unpaired) electrons. The monoisotopic (exact) mass is 291 g/mol. The number of anilines is 1. The zero-order valence-corrected chi connectivity index (χ0v) is 12.2. The maximum atomic E-state index is 13.6. The summed E-state index contributed by atoms with van der Waals surface area (Å²) < 4.78 is 13.6. The van der Waals surface area contributed by atoms with Crippen molar-refractivity contribution in [2.24, 2.45) is 0 Å². The lowest BCUT2D eigenvalue weighted by molar-refractivity contribution is 0.595. The summed E-state index contributed by atoms with van der Waals surface area (Å²) in [5.74, 6) is 0.511. The van der Waals surface area contributed by atoms with Crippen molar-refractivity contribution in [3.8, 4) is 0 Å². The van der Waals surface area contributed by atoms with E-state index in [2.05, 4.69) is 10.3 Å². The van der Waals surface area contributed by atoms with E-state index in [0.717, 1.165) is 12.1 Å². The highest BCUT2D eigenvalue weighted by molar-refractivity contribution is 7.99. The summed E-state index contributed by atoms with van der Waals surface area (Å²) in [6.07, 6.45) is 3.44. The highest BCUT2D eigenvalue weighted by atomic mass is 32.2. The predicted molar refractivity (Wildman–Crippen MR) is 82.2 cm³/mol. The van der Waals surface area contributed by atoms with Crippen molar-refractivity contribution < 1.29 is 4.39 Å². The Balaban J connectivity index is 2.11. The molecule has 1 aromatic carbocycles. The molecule has 1 atom stereocenters. The van der Waals surface area contributed by atoms with Crippen molar-refractivity contribution in [2.45, 2.75) is 17.9 Å². The van der Waals surface area contributed by atoms with E-state index in [4.69, 9.17) is 5.73 Å². The average Bonchev–Trinajstić information content (AvgIpc) is 2.46. The zero-order valence-electron chi connectivity index (χ0n) is 11.3. The quantitative estimate of drug-likeness (QED) is 0.802. The molecule has 0 saturated carbocycles. The van der Waals surface area contributed by atoms with Crippen LogP contribution in [0.1, 0.15) is 18.5 Å². The van der Waals surface area contributed by atoms with Crippen molar-refractivity contribution in [1.29, 1.82) is 0 Å². The second-order valence-corrected chi connectivity index (χ2v) is 5.42. The number of rotatable bonds is 6. The molecule has 0 spiro atoms. The molecule has 106 valence electrons. The molecule has 5 heteroatoms. The van der Waals surface area contributed by atoms with E-state index >= 15 is 0 Å². The molecule has 3 nitrogen and oxygen atoms in total. The molecule has 1 aromatic heterocycles. The van der Waals surface area contributed by atoms with Gasteiger partial charge in [0.05, 0.1) is 0 Å². The molecule has 0 aliphatic carbocycles. The Morgan fingerprint density at radius 3 is 2.85 bits per heavy atom. The lowest BCUT2D eigenvalue weighted by atomic mass is 10.1. The van der Waals surface area contributed by atoms with Gasteiger partial charge in [0.2, 0.25) is 0 Å². The van der Waals surface area contributed by atoms with E-state index in [1.807, 2.05) is 13.0 Å². The van der Waals surface area contributed by atoms with E-state index < -0.39 is 0 Å². The minimum Gasteiger partial charge on any atom is -0.398 e. The van der Waals surface area contributed by atoms with Crippen LogP contribution in [-0.4, -0.2) is 17.3 Å². The van der Waals surface area contributed by atoms with Gasteiger partial charge in [-0.1, -0.05) is 19.1 Å². The second-order valence-electron chi connectivity index (χ2n) is 4.36. The fourth-order valence-electron chi connectivity index (χ4n) is 1.95. The van der Waals surface area contributed by atoms with Crippen molar-refractivity contribution in [3.05, 3.63) is 54.1 Å². The van der Waals surface area contributed by atoms with E-state index in [1.54, 1.807) is 30.6 Å². The van der Waals surface area contributed by atoms with Gasteiger partial charge in [-0.05, 0) is 24.7 Å². The number of hydrogen-bond donors (Lipinski definition) is 2. The van der Waals surface area contributed by atoms with E-state index in [0.29, 0.717) is 16.3 Å². The highest BCUT2D eigenvalue weighted by Gasteiger charge is 2.14. The van der Waals surface area contributed by atoms with Crippen LogP contribution in [0.2, 0.25) is 0 Å². The Labute approximate surface area is 122 Å². The van der Waals surface area contributed by atoms with Gasteiger partial charge < -0.3 is 11.1 Å². The largest absolute Gasteiger partial charge is 0.398 e. The summed E-state index contributed by atoms with van der Waals surface area (Å²) in [6.45, 7) is 2.85. The molecule has 0 fully saturated rings. The summed E-state index contributed by atoms with van der Waals surface area (Å²) >= 11 is 1.48. The van der Waals surface area contributed by atoms with Crippen molar-refractivity contribution >= 4 is 17.4 Å². The third-order valence-corrected chi connectivity index (χ3v) is 4.10. The Kier molecular flexibility index (Phi) is 5.38. The number of nitrogens with one attached hydrogen (secondary N) is 1. The molecule has 2 aromatic rings. The number of pyridine rings is 1. The van der Waals surface area contributed by atoms with Crippen molar-refractivity contribution in [3.63, 3.8) is 0 Å². The summed E-state index contributed by atoms with van der Waals surface area (Å²) in [6, 6.07) is 8.64. The van der Waals surface area contributed by atoms with E-state index in [-0.39, 0.29) is 11.9 Å².